The normalized spacial score (nSPS) is 11.8. The minimum atomic E-state index is -4.19. The van der Waals surface area contributed by atoms with E-state index in [1.165, 1.54) is 17.0 Å². The van der Waals surface area contributed by atoms with Crippen molar-refractivity contribution in [2.24, 2.45) is 0 Å². The van der Waals surface area contributed by atoms with Crippen LogP contribution < -0.4 is 14.4 Å². The van der Waals surface area contributed by atoms with Crippen LogP contribution in [0, 0.1) is 6.92 Å². The summed E-state index contributed by atoms with van der Waals surface area (Å²) in [6, 6.07) is 28.4. The summed E-state index contributed by atoms with van der Waals surface area (Å²) in [7, 11) is -2.64. The summed E-state index contributed by atoms with van der Waals surface area (Å²) in [6.45, 7) is 3.53. The number of rotatable bonds is 13. The SMILES string of the molecule is CCNC(=O)[C@@H](Cc1ccccc1)N(Cc1cccc(OC)c1)C(=O)CN(c1ccc(Cl)cc1)S(=O)(=O)c1ccc(C)cc1. The molecule has 1 atom stereocenters. The number of ether oxygens (including phenoxy) is 1. The van der Waals surface area contributed by atoms with E-state index >= 15 is 0 Å². The maximum atomic E-state index is 14.4. The van der Waals surface area contributed by atoms with Crippen LogP contribution in [-0.2, 0) is 32.6 Å². The van der Waals surface area contributed by atoms with Gasteiger partial charge in [-0.15, -0.1) is 0 Å². The zero-order valence-corrected chi connectivity index (χ0v) is 26.5. The number of sulfonamides is 1. The van der Waals surface area contributed by atoms with Crippen LogP contribution in [0.15, 0.2) is 108 Å². The van der Waals surface area contributed by atoms with Crippen LogP contribution >= 0.6 is 11.6 Å². The van der Waals surface area contributed by atoms with Gasteiger partial charge < -0.3 is 15.0 Å². The number of halogens is 1. The molecule has 2 amide bonds. The van der Waals surface area contributed by atoms with E-state index in [9.17, 15) is 18.0 Å². The summed E-state index contributed by atoms with van der Waals surface area (Å²) < 4.78 is 34.6. The van der Waals surface area contributed by atoms with Crippen molar-refractivity contribution in [3.63, 3.8) is 0 Å². The molecule has 4 rings (SSSR count). The number of nitrogens with one attached hydrogen (secondary N) is 1. The van der Waals surface area contributed by atoms with E-state index in [4.69, 9.17) is 16.3 Å². The molecule has 0 aliphatic heterocycles. The first-order chi connectivity index (χ1) is 21.1. The average molecular weight is 634 g/mol. The van der Waals surface area contributed by atoms with Crippen LogP contribution in [0.2, 0.25) is 5.02 Å². The Kier molecular flexibility index (Phi) is 11.0. The zero-order chi connectivity index (χ0) is 31.7. The van der Waals surface area contributed by atoms with Gasteiger partial charge in [0.15, 0.2) is 0 Å². The standard InChI is InChI=1S/C34H36ClN3O5S/c1-4-36-34(40)32(22-26-9-6-5-7-10-26)37(23-27-11-8-12-30(21-27)43-3)33(39)24-38(29-17-15-28(35)16-18-29)44(41,42)31-19-13-25(2)14-20-31/h5-21,32H,4,22-24H2,1-3H3,(H,36,40)/t32-/m1/s1. The van der Waals surface area contributed by atoms with E-state index in [-0.39, 0.29) is 29.5 Å². The molecule has 8 nitrogen and oxygen atoms in total. The summed E-state index contributed by atoms with van der Waals surface area (Å²) in [5.74, 6) is -0.296. The van der Waals surface area contributed by atoms with Crippen molar-refractivity contribution >= 4 is 39.1 Å². The summed E-state index contributed by atoms with van der Waals surface area (Å²) in [5, 5.41) is 3.28. The molecule has 0 aliphatic rings. The smallest absolute Gasteiger partial charge is 0.264 e. The Morgan fingerprint density at radius 3 is 2.18 bits per heavy atom. The van der Waals surface area contributed by atoms with E-state index in [0.29, 0.717) is 17.3 Å². The third-order valence-electron chi connectivity index (χ3n) is 7.11. The molecule has 0 fully saturated rings. The number of benzene rings is 4. The van der Waals surface area contributed by atoms with Crippen molar-refractivity contribution in [2.45, 2.75) is 37.8 Å². The first-order valence-electron chi connectivity index (χ1n) is 14.2. The molecule has 0 spiro atoms. The number of hydrogen-bond acceptors (Lipinski definition) is 5. The second kappa shape index (κ2) is 14.9. The number of carbonyl (C=O) groups is 2. The quantitative estimate of drug-likeness (QED) is 0.206. The van der Waals surface area contributed by atoms with Gasteiger partial charge in [0.1, 0.15) is 18.3 Å². The fraction of sp³-hybridized carbons (Fsp3) is 0.235. The van der Waals surface area contributed by atoms with Gasteiger partial charge in [-0.25, -0.2) is 8.42 Å². The average Bonchev–Trinajstić information content (AvgIpc) is 3.02. The number of amides is 2. The monoisotopic (exact) mass is 633 g/mol. The van der Waals surface area contributed by atoms with Gasteiger partial charge in [-0.1, -0.05) is 71.8 Å². The van der Waals surface area contributed by atoms with Crippen molar-refractivity contribution in [1.82, 2.24) is 10.2 Å². The lowest BCUT2D eigenvalue weighted by atomic mass is 10.0. The number of methoxy groups -OCH3 is 1. The number of aryl methyl sites for hydroxylation is 1. The number of hydrogen-bond donors (Lipinski definition) is 1. The molecule has 0 saturated carbocycles. The molecule has 4 aromatic carbocycles. The summed E-state index contributed by atoms with van der Waals surface area (Å²) >= 11 is 6.12. The largest absolute Gasteiger partial charge is 0.497 e. The predicted molar refractivity (Wildman–Crippen MR) is 173 cm³/mol. The first-order valence-corrected chi connectivity index (χ1v) is 16.0. The Hall–Kier alpha value is -4.34. The van der Waals surface area contributed by atoms with Gasteiger partial charge in [0.25, 0.3) is 10.0 Å². The Morgan fingerprint density at radius 1 is 0.886 bits per heavy atom. The Balaban J connectivity index is 1.80. The highest BCUT2D eigenvalue weighted by Gasteiger charge is 2.34. The molecule has 0 unspecified atom stereocenters. The van der Waals surface area contributed by atoms with E-state index in [1.807, 2.05) is 50.2 Å². The van der Waals surface area contributed by atoms with Crippen molar-refractivity contribution in [3.8, 4) is 5.75 Å². The maximum Gasteiger partial charge on any atom is 0.264 e. The van der Waals surface area contributed by atoms with Crippen LogP contribution in [0.4, 0.5) is 5.69 Å². The second-order valence-electron chi connectivity index (χ2n) is 10.3. The van der Waals surface area contributed by atoms with Crippen molar-refractivity contribution < 1.29 is 22.7 Å². The molecule has 10 heteroatoms. The van der Waals surface area contributed by atoms with Gasteiger partial charge in [-0.05, 0) is 73.5 Å². The highest BCUT2D eigenvalue weighted by Crippen LogP contribution is 2.27. The number of carbonyl (C=O) groups excluding carboxylic acids is 2. The molecule has 0 aromatic heterocycles. The van der Waals surface area contributed by atoms with Crippen LogP contribution in [0.1, 0.15) is 23.6 Å². The summed E-state index contributed by atoms with van der Waals surface area (Å²) in [5.41, 5.74) is 2.74. The number of nitrogens with zero attached hydrogens (tertiary/aromatic N) is 2. The maximum absolute atomic E-state index is 14.4. The van der Waals surface area contributed by atoms with Gasteiger partial charge in [0.05, 0.1) is 17.7 Å². The lowest BCUT2D eigenvalue weighted by molar-refractivity contribution is -0.140. The molecular weight excluding hydrogens is 598 g/mol. The molecule has 0 bridgehead atoms. The van der Waals surface area contributed by atoms with Gasteiger partial charge >= 0.3 is 0 Å². The van der Waals surface area contributed by atoms with Crippen LogP contribution in [0.5, 0.6) is 5.75 Å². The number of anilines is 1. The van der Waals surface area contributed by atoms with Crippen LogP contribution in [-0.4, -0.2) is 51.4 Å². The minimum absolute atomic E-state index is 0.0368. The first kappa shape index (κ1) is 32.6. The molecule has 0 heterocycles. The minimum Gasteiger partial charge on any atom is -0.497 e. The van der Waals surface area contributed by atoms with Gasteiger partial charge in [-0.3, -0.25) is 13.9 Å². The Labute approximate surface area is 264 Å². The molecule has 0 aliphatic carbocycles. The van der Waals surface area contributed by atoms with Gasteiger partial charge in [0.2, 0.25) is 11.8 Å². The van der Waals surface area contributed by atoms with Crippen molar-refractivity contribution in [1.29, 1.82) is 0 Å². The predicted octanol–water partition coefficient (Wildman–Crippen LogP) is 5.63. The molecule has 0 radical (unpaired) electrons. The Morgan fingerprint density at radius 2 is 1.55 bits per heavy atom. The number of likely N-dealkylation sites (N-methyl/N-ethyl adjacent to an activating group) is 1. The molecule has 0 saturated heterocycles. The molecule has 230 valence electrons. The lowest BCUT2D eigenvalue weighted by Crippen LogP contribution is -2.53. The highest BCUT2D eigenvalue weighted by atomic mass is 35.5. The fourth-order valence-electron chi connectivity index (χ4n) is 4.79. The van der Waals surface area contributed by atoms with E-state index < -0.39 is 28.5 Å². The molecular formula is C34H36ClN3O5S. The third kappa shape index (κ3) is 8.18. The molecule has 4 aromatic rings. The topological polar surface area (TPSA) is 96.0 Å². The molecule has 1 N–H and O–H groups in total. The Bertz CT molecular complexity index is 1660. The third-order valence-corrected chi connectivity index (χ3v) is 9.15. The van der Waals surface area contributed by atoms with Gasteiger partial charge in [-0.2, -0.15) is 0 Å². The second-order valence-corrected chi connectivity index (χ2v) is 12.6. The van der Waals surface area contributed by atoms with Gasteiger partial charge in [0, 0.05) is 24.5 Å². The lowest BCUT2D eigenvalue weighted by Gasteiger charge is -2.34. The van der Waals surface area contributed by atoms with E-state index in [1.54, 1.807) is 61.7 Å². The fourth-order valence-corrected chi connectivity index (χ4v) is 6.33. The van der Waals surface area contributed by atoms with Crippen LogP contribution in [0.3, 0.4) is 0 Å². The summed E-state index contributed by atoms with van der Waals surface area (Å²) in [4.78, 5) is 29.5. The molecule has 44 heavy (non-hydrogen) atoms. The summed E-state index contributed by atoms with van der Waals surface area (Å²) in [6.07, 6.45) is 0.230. The van der Waals surface area contributed by atoms with E-state index in [2.05, 4.69) is 5.32 Å². The highest BCUT2D eigenvalue weighted by molar-refractivity contribution is 7.92. The van der Waals surface area contributed by atoms with Crippen LogP contribution in [0.25, 0.3) is 0 Å². The van der Waals surface area contributed by atoms with Crippen molar-refractivity contribution in [3.05, 3.63) is 125 Å². The van der Waals surface area contributed by atoms with E-state index in [0.717, 1.165) is 21.0 Å². The van der Waals surface area contributed by atoms with Crippen molar-refractivity contribution in [2.75, 3.05) is 24.5 Å². The zero-order valence-electron chi connectivity index (χ0n) is 24.9.